The number of likely N-dealkylation sites (N-methyl/N-ethyl adjacent to an activating group) is 1. The summed E-state index contributed by atoms with van der Waals surface area (Å²) in [6.07, 6.45) is 4.52. The first-order chi connectivity index (χ1) is 16.9. The SMILES string of the molecule is CCC(=O)c1ccc(C[C@@H](CNC(=O)C[C@@H](c2cncc(Cl)c2)C2(C(C)(F)F)CC2)N(C)C)c(Cl)c1. The van der Waals surface area contributed by atoms with Crippen LogP contribution < -0.4 is 5.32 Å². The monoisotopic (exact) mass is 539 g/mol. The number of nitrogens with zero attached hydrogens (tertiary/aromatic N) is 2. The van der Waals surface area contributed by atoms with Gasteiger partial charge in [0, 0.05) is 59.7 Å². The molecule has 9 heteroatoms. The second kappa shape index (κ2) is 11.5. The highest BCUT2D eigenvalue weighted by Crippen LogP contribution is 2.65. The van der Waals surface area contributed by atoms with E-state index in [0.29, 0.717) is 53.4 Å². The van der Waals surface area contributed by atoms with Gasteiger partial charge in [0.25, 0.3) is 5.92 Å². The predicted molar refractivity (Wildman–Crippen MR) is 139 cm³/mol. The lowest BCUT2D eigenvalue weighted by Gasteiger charge is -2.32. The number of amides is 1. The van der Waals surface area contributed by atoms with Gasteiger partial charge in [0.15, 0.2) is 5.78 Å². The highest BCUT2D eigenvalue weighted by molar-refractivity contribution is 6.31. The zero-order chi connectivity index (χ0) is 26.7. The summed E-state index contributed by atoms with van der Waals surface area (Å²) >= 11 is 12.5. The summed E-state index contributed by atoms with van der Waals surface area (Å²) < 4.78 is 29.2. The van der Waals surface area contributed by atoms with E-state index in [1.807, 2.05) is 25.1 Å². The van der Waals surface area contributed by atoms with Crippen molar-refractivity contribution in [2.45, 2.75) is 63.8 Å². The normalized spacial score (nSPS) is 16.5. The average molecular weight is 540 g/mol. The number of ketones is 1. The lowest BCUT2D eigenvalue weighted by molar-refractivity contribution is -0.123. The van der Waals surface area contributed by atoms with E-state index < -0.39 is 17.3 Å². The van der Waals surface area contributed by atoms with E-state index in [-0.39, 0.29) is 24.2 Å². The number of benzene rings is 1. The molecular formula is C27H33Cl2F2N3O2. The molecule has 5 nitrogen and oxygen atoms in total. The van der Waals surface area contributed by atoms with Crippen LogP contribution in [0.5, 0.6) is 0 Å². The topological polar surface area (TPSA) is 62.3 Å². The molecule has 1 heterocycles. The predicted octanol–water partition coefficient (Wildman–Crippen LogP) is 6.18. The van der Waals surface area contributed by atoms with Gasteiger partial charge in [-0.2, -0.15) is 0 Å². The summed E-state index contributed by atoms with van der Waals surface area (Å²) in [5, 5.41) is 3.79. The molecule has 1 amide bonds. The molecule has 0 aliphatic heterocycles. The standard InChI is InChI=1S/C27H33Cl2F2N3O2/c1-5-24(35)18-7-6-17(23(29)12-18)11-21(34(3)4)16-33-25(36)13-22(19-10-20(28)15-32-14-19)27(8-9-27)26(2,30)31/h6-7,10,12,14-15,21-22H,5,8-9,11,13,16H2,1-4H3,(H,33,36)/t21-,22-/m0/s1. The minimum absolute atomic E-state index is 0.0235. The summed E-state index contributed by atoms with van der Waals surface area (Å²) in [5.41, 5.74) is 0.712. The highest BCUT2D eigenvalue weighted by Gasteiger charge is 2.63. The molecule has 0 spiro atoms. The molecule has 1 saturated carbocycles. The molecule has 1 aliphatic rings. The van der Waals surface area contributed by atoms with E-state index in [0.717, 1.165) is 12.5 Å². The Morgan fingerprint density at radius 3 is 2.42 bits per heavy atom. The number of aromatic nitrogens is 1. The minimum atomic E-state index is -2.94. The van der Waals surface area contributed by atoms with Crippen LogP contribution in [0.1, 0.15) is 66.9 Å². The fraction of sp³-hybridized carbons (Fsp3) is 0.519. The van der Waals surface area contributed by atoms with E-state index >= 15 is 0 Å². The number of pyridine rings is 1. The zero-order valence-electron chi connectivity index (χ0n) is 21.1. The van der Waals surface area contributed by atoms with Crippen LogP contribution in [0.4, 0.5) is 8.78 Å². The number of Topliss-reactive ketones (excluding diaryl/α,β-unsaturated/α-hetero) is 1. The van der Waals surface area contributed by atoms with Crippen LogP contribution in [0.3, 0.4) is 0 Å². The van der Waals surface area contributed by atoms with Crippen molar-refractivity contribution in [3.63, 3.8) is 0 Å². The van der Waals surface area contributed by atoms with Crippen molar-refractivity contribution in [2.75, 3.05) is 20.6 Å². The number of carbonyl (C=O) groups is 2. The van der Waals surface area contributed by atoms with E-state index in [4.69, 9.17) is 23.2 Å². The second-order valence-corrected chi connectivity index (χ2v) is 10.8. The van der Waals surface area contributed by atoms with Crippen molar-refractivity contribution in [3.05, 3.63) is 63.4 Å². The third-order valence-corrected chi connectivity index (χ3v) is 7.82. The Morgan fingerprint density at radius 2 is 1.89 bits per heavy atom. The zero-order valence-corrected chi connectivity index (χ0v) is 22.6. The van der Waals surface area contributed by atoms with Gasteiger partial charge in [-0.05, 0) is 63.5 Å². The van der Waals surface area contributed by atoms with Crippen LogP contribution in [-0.2, 0) is 11.2 Å². The van der Waals surface area contributed by atoms with E-state index in [2.05, 4.69) is 10.3 Å². The Bertz CT molecular complexity index is 1100. The molecule has 0 saturated heterocycles. The first-order valence-electron chi connectivity index (χ1n) is 12.1. The van der Waals surface area contributed by atoms with Crippen LogP contribution >= 0.6 is 23.2 Å². The third kappa shape index (κ3) is 6.61. The number of rotatable bonds is 12. The number of hydrogen-bond donors (Lipinski definition) is 1. The third-order valence-electron chi connectivity index (χ3n) is 7.26. The van der Waals surface area contributed by atoms with Crippen LogP contribution in [-0.4, -0.2) is 54.2 Å². The Balaban J connectivity index is 1.71. The molecule has 1 N–H and O–H groups in total. The largest absolute Gasteiger partial charge is 0.355 e. The molecule has 196 valence electrons. The van der Waals surface area contributed by atoms with E-state index in [1.54, 1.807) is 25.1 Å². The van der Waals surface area contributed by atoms with Gasteiger partial charge < -0.3 is 10.2 Å². The lowest BCUT2D eigenvalue weighted by Crippen LogP contribution is -2.43. The fourth-order valence-corrected chi connectivity index (χ4v) is 5.19. The van der Waals surface area contributed by atoms with Gasteiger partial charge in [0.1, 0.15) is 0 Å². The summed E-state index contributed by atoms with van der Waals surface area (Å²) in [6, 6.07) is 6.81. The van der Waals surface area contributed by atoms with Crippen molar-refractivity contribution in [1.82, 2.24) is 15.2 Å². The Kier molecular flexibility index (Phi) is 9.12. The lowest BCUT2D eigenvalue weighted by atomic mass is 9.77. The Labute approximate surface area is 221 Å². The molecule has 1 aromatic carbocycles. The Hall–Kier alpha value is -2.09. The van der Waals surface area contributed by atoms with Gasteiger partial charge in [0.2, 0.25) is 5.91 Å². The van der Waals surface area contributed by atoms with Gasteiger partial charge in [-0.1, -0.05) is 42.3 Å². The van der Waals surface area contributed by atoms with Gasteiger partial charge in [-0.15, -0.1) is 0 Å². The molecule has 2 aromatic rings. The summed E-state index contributed by atoms with van der Waals surface area (Å²) in [5.74, 6) is -3.92. The molecular weight excluding hydrogens is 507 g/mol. The van der Waals surface area contributed by atoms with Gasteiger partial charge in [-0.3, -0.25) is 14.6 Å². The number of hydrogen-bond acceptors (Lipinski definition) is 4. The summed E-state index contributed by atoms with van der Waals surface area (Å²) in [4.78, 5) is 31.0. The molecule has 0 radical (unpaired) electrons. The second-order valence-electron chi connectivity index (χ2n) is 9.95. The van der Waals surface area contributed by atoms with E-state index in [1.165, 1.54) is 12.4 Å². The van der Waals surface area contributed by atoms with Crippen molar-refractivity contribution in [2.24, 2.45) is 5.41 Å². The van der Waals surface area contributed by atoms with Gasteiger partial charge >= 0.3 is 0 Å². The molecule has 0 bridgehead atoms. The smallest absolute Gasteiger partial charge is 0.251 e. The van der Waals surface area contributed by atoms with Crippen LogP contribution in [0, 0.1) is 5.41 Å². The van der Waals surface area contributed by atoms with Crippen molar-refractivity contribution in [1.29, 1.82) is 0 Å². The van der Waals surface area contributed by atoms with E-state index in [9.17, 15) is 18.4 Å². The molecule has 2 atom stereocenters. The van der Waals surface area contributed by atoms with Crippen molar-refractivity contribution in [3.8, 4) is 0 Å². The highest BCUT2D eigenvalue weighted by atomic mass is 35.5. The maximum Gasteiger partial charge on any atom is 0.251 e. The summed E-state index contributed by atoms with van der Waals surface area (Å²) in [6.45, 7) is 3.04. The number of nitrogens with one attached hydrogen (secondary N) is 1. The van der Waals surface area contributed by atoms with Crippen LogP contribution in [0.2, 0.25) is 10.0 Å². The molecule has 1 aliphatic carbocycles. The first-order valence-corrected chi connectivity index (χ1v) is 12.9. The van der Waals surface area contributed by atoms with Crippen molar-refractivity contribution < 1.29 is 18.4 Å². The molecule has 1 aromatic heterocycles. The Morgan fingerprint density at radius 1 is 1.19 bits per heavy atom. The minimum Gasteiger partial charge on any atom is -0.355 e. The molecule has 36 heavy (non-hydrogen) atoms. The quantitative estimate of drug-likeness (QED) is 0.327. The van der Waals surface area contributed by atoms with Crippen LogP contribution in [0.15, 0.2) is 36.7 Å². The van der Waals surface area contributed by atoms with Gasteiger partial charge in [-0.25, -0.2) is 8.78 Å². The number of carbonyl (C=O) groups excluding carboxylic acids is 2. The number of alkyl halides is 2. The summed E-state index contributed by atoms with van der Waals surface area (Å²) in [7, 11) is 3.80. The number of halogens is 4. The fourth-order valence-electron chi connectivity index (χ4n) is 4.75. The maximum atomic E-state index is 14.6. The molecule has 1 fully saturated rings. The maximum absolute atomic E-state index is 14.6. The molecule has 3 rings (SSSR count). The average Bonchev–Trinajstić information content (AvgIpc) is 3.62. The van der Waals surface area contributed by atoms with Crippen LogP contribution in [0.25, 0.3) is 0 Å². The van der Waals surface area contributed by atoms with Gasteiger partial charge in [0.05, 0.1) is 5.02 Å². The first kappa shape index (κ1) is 28.5. The van der Waals surface area contributed by atoms with Crippen molar-refractivity contribution >= 4 is 34.9 Å². The molecule has 0 unspecified atom stereocenters.